The van der Waals surface area contributed by atoms with E-state index in [2.05, 4.69) is 25.0 Å². The fourth-order valence-corrected chi connectivity index (χ4v) is 9.03. The molecule has 3 rings (SSSR count). The van der Waals surface area contributed by atoms with E-state index >= 15 is 0 Å². The summed E-state index contributed by atoms with van der Waals surface area (Å²) in [5.41, 5.74) is -0.795. The van der Waals surface area contributed by atoms with Gasteiger partial charge in [0.05, 0.1) is 159 Å². The van der Waals surface area contributed by atoms with Crippen LogP contribution in [0.15, 0.2) is 0 Å². The average molecular weight is 1390 g/mol. The minimum Gasteiger partial charge on any atom is -0.387 e. The molecule has 15 unspecified atom stereocenters. The molecule has 0 bridgehead atoms. The Labute approximate surface area is 531 Å². The lowest BCUT2D eigenvalue weighted by molar-refractivity contribution is -0.303. The predicted molar refractivity (Wildman–Crippen MR) is 304 cm³/mol. The largest absolute Gasteiger partial charge is 0.469 e. The number of hydrogen-bond acceptors (Lipinski definition) is 32. The number of phosphoric acid groups is 2. The molecule has 0 aliphatic carbocycles. The van der Waals surface area contributed by atoms with Crippen molar-refractivity contribution in [3.63, 3.8) is 0 Å². The number of aliphatic hydroxyl groups is 9. The lowest BCUT2D eigenvalue weighted by atomic mass is 9.94. The van der Waals surface area contributed by atoms with Gasteiger partial charge >= 0.3 is 15.6 Å². The van der Waals surface area contributed by atoms with Crippen molar-refractivity contribution in [1.29, 1.82) is 0 Å². The summed E-state index contributed by atoms with van der Waals surface area (Å²) in [6, 6.07) is 0. The van der Waals surface area contributed by atoms with E-state index in [0.717, 1.165) is 0 Å². The maximum absolute atomic E-state index is 12.6. The third-order valence-corrected chi connectivity index (χ3v) is 14.2. The topological polar surface area (TPSA) is 551 Å². The second-order valence-corrected chi connectivity index (χ2v) is 23.6. The van der Waals surface area contributed by atoms with Gasteiger partial charge in [0.15, 0.2) is 18.9 Å². The molecule has 3 aliphatic rings. The van der Waals surface area contributed by atoms with Crippen LogP contribution in [0.3, 0.4) is 0 Å². The summed E-state index contributed by atoms with van der Waals surface area (Å²) in [7, 11) is -8.40. The molecular weight excluding hydrogens is 1290 g/mol. The van der Waals surface area contributed by atoms with E-state index in [0.29, 0.717) is 0 Å². The maximum atomic E-state index is 12.6. The van der Waals surface area contributed by atoms with Crippen LogP contribution in [-0.2, 0) is 108 Å². The standard InChI is InChI=1S/C51H97N3O36P2/c1-51(30-80-9-3-36(55)52-6-12-74-15-18-77-21-24-83-48-45(64)42(61)39(58)33(88-48)27-73-2,31-81-10-4-37(56)53-7-13-75-16-19-78-22-25-84-49-46(65)43(62)40(59)34(89-49)28-86-91(67,68)69)32-82-11-5-38(57)54-8-14-76-17-20-79-23-26-85-50-47(66)44(63)41(60)35(90-50)29-87-92(70,71)72/h33-35,39-50,58-66H,3-32H2,1-2H3,(H,52,55)(H,53,56)(H,54,57)(H2,67,68,69)(H2,70,71,72). The molecule has 3 aliphatic heterocycles. The third kappa shape index (κ3) is 35.8. The van der Waals surface area contributed by atoms with Gasteiger partial charge in [-0.3, -0.25) is 23.4 Å². The van der Waals surface area contributed by atoms with Crippen molar-refractivity contribution in [2.45, 2.75) is 118 Å². The fraction of sp³-hybridized carbons (Fsp3) is 0.941. The summed E-state index contributed by atoms with van der Waals surface area (Å²) >= 11 is 0. The van der Waals surface area contributed by atoms with E-state index in [1.165, 1.54) is 7.11 Å². The van der Waals surface area contributed by atoms with Crippen molar-refractivity contribution < 1.29 is 174 Å². The molecule has 0 aromatic rings. The van der Waals surface area contributed by atoms with Gasteiger partial charge in [0.25, 0.3) is 0 Å². The molecule has 92 heavy (non-hydrogen) atoms. The van der Waals surface area contributed by atoms with Gasteiger partial charge in [-0.05, 0) is 0 Å². The number of rotatable bonds is 53. The number of ether oxygens (including phenoxy) is 16. The molecule has 0 saturated carbocycles. The monoisotopic (exact) mass is 1390 g/mol. The van der Waals surface area contributed by atoms with Crippen molar-refractivity contribution in [2.75, 3.05) is 185 Å². The van der Waals surface area contributed by atoms with Gasteiger partial charge in [0.2, 0.25) is 17.7 Å². The summed E-state index contributed by atoms with van der Waals surface area (Å²) in [5.74, 6) is -0.944. The highest BCUT2D eigenvalue weighted by atomic mass is 31.2. The Kier molecular flexibility index (Phi) is 42.6. The van der Waals surface area contributed by atoms with E-state index < -0.39 is 126 Å². The molecule has 3 amide bonds. The molecule has 16 N–H and O–H groups in total. The minimum atomic E-state index is -4.90. The quantitative estimate of drug-likeness (QED) is 0.0199. The zero-order chi connectivity index (χ0) is 68.0. The van der Waals surface area contributed by atoms with Crippen LogP contribution in [0.2, 0.25) is 0 Å². The van der Waals surface area contributed by atoms with Crippen LogP contribution in [0.1, 0.15) is 26.2 Å². The van der Waals surface area contributed by atoms with Crippen molar-refractivity contribution in [2.24, 2.45) is 5.41 Å². The van der Waals surface area contributed by atoms with Crippen molar-refractivity contribution >= 4 is 33.4 Å². The van der Waals surface area contributed by atoms with E-state index in [1.807, 2.05) is 6.92 Å². The van der Waals surface area contributed by atoms with Gasteiger partial charge in [-0.1, -0.05) is 6.92 Å². The molecule has 15 atom stereocenters. The Morgan fingerprint density at radius 1 is 0.370 bits per heavy atom. The lowest BCUT2D eigenvalue weighted by Crippen LogP contribution is -2.59. The van der Waals surface area contributed by atoms with Crippen LogP contribution >= 0.6 is 15.6 Å². The number of amides is 3. The maximum Gasteiger partial charge on any atom is 0.469 e. The molecule has 3 fully saturated rings. The smallest absolute Gasteiger partial charge is 0.387 e. The Balaban J connectivity index is 1.29. The van der Waals surface area contributed by atoms with Crippen molar-refractivity contribution in [3.05, 3.63) is 0 Å². The van der Waals surface area contributed by atoms with E-state index in [-0.39, 0.29) is 202 Å². The Bertz CT molecular complexity index is 1980. The molecule has 542 valence electrons. The van der Waals surface area contributed by atoms with Crippen LogP contribution in [0.25, 0.3) is 0 Å². The summed E-state index contributed by atoms with van der Waals surface area (Å²) in [6.07, 6.45) is -22.3. The zero-order valence-corrected chi connectivity index (χ0v) is 53.3. The second kappa shape index (κ2) is 46.8. The molecule has 3 saturated heterocycles. The summed E-state index contributed by atoms with van der Waals surface area (Å²) in [4.78, 5) is 73.3. The number of carbonyl (C=O) groups excluding carboxylic acids is 3. The highest BCUT2D eigenvalue weighted by Gasteiger charge is 2.47. The molecule has 0 aromatic heterocycles. The molecular formula is C51H97N3O36P2. The van der Waals surface area contributed by atoms with Crippen molar-refractivity contribution in [1.82, 2.24) is 16.0 Å². The van der Waals surface area contributed by atoms with Gasteiger partial charge in [0, 0.05) is 51.4 Å². The number of aliphatic hydroxyl groups excluding tert-OH is 9. The van der Waals surface area contributed by atoms with E-state index in [1.54, 1.807) is 0 Å². The van der Waals surface area contributed by atoms with Crippen LogP contribution in [0, 0.1) is 5.41 Å². The number of hydrogen-bond donors (Lipinski definition) is 16. The molecule has 39 nitrogen and oxygen atoms in total. The van der Waals surface area contributed by atoms with Gasteiger partial charge in [0.1, 0.15) is 73.2 Å². The van der Waals surface area contributed by atoms with Gasteiger partial charge in [-0.25, -0.2) is 9.13 Å². The van der Waals surface area contributed by atoms with E-state index in [4.69, 9.17) is 95.4 Å². The first kappa shape index (κ1) is 83.9. The predicted octanol–water partition coefficient (Wildman–Crippen LogP) is -8.00. The highest BCUT2D eigenvalue weighted by Crippen LogP contribution is 2.38. The normalized spacial score (nSPS) is 27.8. The molecule has 0 spiro atoms. The first-order valence-electron chi connectivity index (χ1n) is 29.6. The molecule has 3 heterocycles. The highest BCUT2D eigenvalue weighted by molar-refractivity contribution is 7.46. The fourth-order valence-electron chi connectivity index (χ4n) is 8.35. The van der Waals surface area contributed by atoms with Crippen molar-refractivity contribution in [3.8, 4) is 0 Å². The van der Waals surface area contributed by atoms with Crippen LogP contribution < -0.4 is 16.0 Å². The van der Waals surface area contributed by atoms with Gasteiger partial charge < -0.3 is 157 Å². The number of carbonyl (C=O) groups is 3. The summed E-state index contributed by atoms with van der Waals surface area (Å²) in [5, 5.41) is 99.0. The third-order valence-electron chi connectivity index (χ3n) is 13.3. The Morgan fingerprint density at radius 2 is 0.630 bits per heavy atom. The summed E-state index contributed by atoms with van der Waals surface area (Å²) in [6.45, 7) is 2.34. The lowest BCUT2D eigenvalue weighted by Gasteiger charge is -2.40. The first-order valence-corrected chi connectivity index (χ1v) is 32.6. The SMILES string of the molecule is COCC1OC(OCCOCCOCCNC(=O)CCOCC(C)(COCCC(=O)NCCOCCOCCOC2OC(COP(=O)(O)O)C(O)C(O)C2O)COCCC(=O)NCCOCCOCCOC2OC(COP(=O)(O)O)C(O)C(O)C2O)C(O)C(O)C1O. The average Bonchev–Trinajstić information content (AvgIpc) is 0.889. The molecule has 0 aromatic carbocycles. The van der Waals surface area contributed by atoms with Crippen LogP contribution in [0.5, 0.6) is 0 Å². The zero-order valence-electron chi connectivity index (χ0n) is 51.5. The summed E-state index contributed by atoms with van der Waals surface area (Å²) < 4.78 is 118. The Morgan fingerprint density at radius 3 is 0.902 bits per heavy atom. The second-order valence-electron chi connectivity index (χ2n) is 21.1. The van der Waals surface area contributed by atoms with Crippen LogP contribution in [0.4, 0.5) is 0 Å². The minimum absolute atomic E-state index is 0.00314. The molecule has 41 heteroatoms. The number of nitrogens with one attached hydrogen (secondary N) is 3. The first-order chi connectivity index (χ1) is 43.8. The number of methoxy groups -OCH3 is 1. The number of phosphoric ester groups is 2. The van der Waals surface area contributed by atoms with E-state index in [9.17, 15) is 69.5 Å². The van der Waals surface area contributed by atoms with Gasteiger partial charge in [-0.2, -0.15) is 0 Å². The Hall–Kier alpha value is -2.37. The van der Waals surface area contributed by atoms with Gasteiger partial charge in [-0.15, -0.1) is 0 Å². The molecule has 0 radical (unpaired) electrons. The van der Waals surface area contributed by atoms with Crippen LogP contribution in [-0.4, -0.2) is 361 Å².